The third kappa shape index (κ3) is 2.61. The lowest BCUT2D eigenvalue weighted by molar-refractivity contribution is 0.590. The summed E-state index contributed by atoms with van der Waals surface area (Å²) in [6, 6.07) is 8.63. The molecule has 96 valence electrons. The first-order valence-corrected chi connectivity index (χ1v) is 6.51. The molecule has 0 bridgehead atoms. The van der Waals surface area contributed by atoms with E-state index >= 15 is 0 Å². The summed E-state index contributed by atoms with van der Waals surface area (Å²) < 4.78 is 2.10. The first kappa shape index (κ1) is 12.8. The molecule has 2 aromatic rings. The standard InChI is InChI=1S/C15H21N3/c1-5-10-18-11-16-17-14(18)12-6-8-13(9-7-12)15(2,3)4/h6-9,11H,5,10H2,1-4H3. The fourth-order valence-electron chi connectivity index (χ4n) is 2.00. The van der Waals surface area contributed by atoms with Crippen LogP contribution in [0.15, 0.2) is 30.6 Å². The summed E-state index contributed by atoms with van der Waals surface area (Å²) in [7, 11) is 0. The molecule has 2 rings (SSSR count). The van der Waals surface area contributed by atoms with Crippen molar-refractivity contribution in [1.29, 1.82) is 0 Å². The van der Waals surface area contributed by atoms with E-state index in [1.165, 1.54) is 5.56 Å². The molecule has 0 radical (unpaired) electrons. The van der Waals surface area contributed by atoms with E-state index in [-0.39, 0.29) is 5.41 Å². The highest BCUT2D eigenvalue weighted by Crippen LogP contribution is 2.25. The second kappa shape index (κ2) is 4.92. The molecule has 0 unspecified atom stereocenters. The van der Waals surface area contributed by atoms with Crippen molar-refractivity contribution in [3.05, 3.63) is 36.2 Å². The molecule has 1 aromatic heterocycles. The molecular formula is C15H21N3. The van der Waals surface area contributed by atoms with Crippen molar-refractivity contribution < 1.29 is 0 Å². The van der Waals surface area contributed by atoms with Crippen LogP contribution in [0, 0.1) is 0 Å². The Labute approximate surface area is 109 Å². The quantitative estimate of drug-likeness (QED) is 0.823. The summed E-state index contributed by atoms with van der Waals surface area (Å²) in [6.45, 7) is 9.79. The molecule has 0 spiro atoms. The number of aromatic nitrogens is 3. The van der Waals surface area contributed by atoms with E-state index in [9.17, 15) is 0 Å². The molecule has 1 aromatic carbocycles. The van der Waals surface area contributed by atoms with Crippen LogP contribution >= 0.6 is 0 Å². The molecule has 0 amide bonds. The summed E-state index contributed by atoms with van der Waals surface area (Å²) in [6.07, 6.45) is 2.89. The van der Waals surface area contributed by atoms with Gasteiger partial charge in [-0.25, -0.2) is 0 Å². The van der Waals surface area contributed by atoms with Crippen LogP contribution in [0.3, 0.4) is 0 Å². The number of aryl methyl sites for hydroxylation is 1. The third-order valence-electron chi connectivity index (χ3n) is 3.09. The highest BCUT2D eigenvalue weighted by molar-refractivity contribution is 5.55. The van der Waals surface area contributed by atoms with Gasteiger partial charge in [-0.15, -0.1) is 10.2 Å². The minimum absolute atomic E-state index is 0.190. The lowest BCUT2D eigenvalue weighted by Crippen LogP contribution is -2.10. The Kier molecular flexibility index (Phi) is 3.50. The Bertz CT molecular complexity index is 503. The van der Waals surface area contributed by atoms with Crippen molar-refractivity contribution in [3.8, 4) is 11.4 Å². The fourth-order valence-corrected chi connectivity index (χ4v) is 2.00. The molecule has 0 aliphatic rings. The summed E-state index contributed by atoms with van der Waals surface area (Å²) in [4.78, 5) is 0. The van der Waals surface area contributed by atoms with Crippen LogP contribution in [0.1, 0.15) is 39.7 Å². The number of hydrogen-bond acceptors (Lipinski definition) is 2. The lowest BCUT2D eigenvalue weighted by atomic mass is 9.87. The average Bonchev–Trinajstić information content (AvgIpc) is 2.77. The van der Waals surface area contributed by atoms with Crippen LogP contribution in [0.4, 0.5) is 0 Å². The molecule has 0 aliphatic heterocycles. The predicted octanol–water partition coefficient (Wildman–Crippen LogP) is 3.65. The van der Waals surface area contributed by atoms with E-state index in [4.69, 9.17) is 0 Å². The molecule has 0 saturated carbocycles. The van der Waals surface area contributed by atoms with Gasteiger partial charge < -0.3 is 4.57 Å². The van der Waals surface area contributed by atoms with Gasteiger partial charge in [0.25, 0.3) is 0 Å². The van der Waals surface area contributed by atoms with Crippen LogP contribution in [-0.4, -0.2) is 14.8 Å². The largest absolute Gasteiger partial charge is 0.314 e. The van der Waals surface area contributed by atoms with Crippen molar-refractivity contribution in [1.82, 2.24) is 14.8 Å². The SMILES string of the molecule is CCCn1cnnc1-c1ccc(C(C)(C)C)cc1. The Morgan fingerprint density at radius 2 is 1.78 bits per heavy atom. The molecule has 0 atom stereocenters. The highest BCUT2D eigenvalue weighted by Gasteiger charge is 2.14. The normalized spacial score (nSPS) is 11.8. The van der Waals surface area contributed by atoms with Crippen molar-refractivity contribution in [3.63, 3.8) is 0 Å². The van der Waals surface area contributed by atoms with Gasteiger partial charge in [0.15, 0.2) is 5.82 Å². The molecule has 1 heterocycles. The molecule has 18 heavy (non-hydrogen) atoms. The first-order chi connectivity index (χ1) is 8.52. The topological polar surface area (TPSA) is 30.7 Å². The molecule has 0 fully saturated rings. The zero-order chi connectivity index (χ0) is 13.2. The number of hydrogen-bond donors (Lipinski definition) is 0. The van der Waals surface area contributed by atoms with Gasteiger partial charge >= 0.3 is 0 Å². The second-order valence-corrected chi connectivity index (χ2v) is 5.68. The van der Waals surface area contributed by atoms with Crippen LogP contribution in [0.2, 0.25) is 0 Å². The molecule has 0 N–H and O–H groups in total. The Morgan fingerprint density at radius 1 is 1.11 bits per heavy atom. The van der Waals surface area contributed by atoms with Gasteiger partial charge in [0.05, 0.1) is 0 Å². The van der Waals surface area contributed by atoms with Crippen molar-refractivity contribution >= 4 is 0 Å². The summed E-state index contributed by atoms with van der Waals surface area (Å²) in [5.41, 5.74) is 2.66. The Balaban J connectivity index is 2.32. The van der Waals surface area contributed by atoms with Gasteiger partial charge in [0.1, 0.15) is 6.33 Å². The number of benzene rings is 1. The van der Waals surface area contributed by atoms with Crippen LogP contribution in [-0.2, 0) is 12.0 Å². The smallest absolute Gasteiger partial charge is 0.163 e. The summed E-state index contributed by atoms with van der Waals surface area (Å²) in [5.74, 6) is 0.956. The predicted molar refractivity (Wildman–Crippen MR) is 74.4 cm³/mol. The minimum Gasteiger partial charge on any atom is -0.314 e. The Hall–Kier alpha value is -1.64. The van der Waals surface area contributed by atoms with Gasteiger partial charge in [0.2, 0.25) is 0 Å². The zero-order valence-electron chi connectivity index (χ0n) is 11.6. The molecule has 3 heteroatoms. The lowest BCUT2D eigenvalue weighted by Gasteiger charge is -2.19. The van der Waals surface area contributed by atoms with Crippen LogP contribution in [0.5, 0.6) is 0 Å². The van der Waals surface area contributed by atoms with Crippen LogP contribution in [0.25, 0.3) is 11.4 Å². The summed E-state index contributed by atoms with van der Waals surface area (Å²) >= 11 is 0. The maximum atomic E-state index is 4.21. The van der Waals surface area contributed by atoms with Crippen molar-refractivity contribution in [2.75, 3.05) is 0 Å². The first-order valence-electron chi connectivity index (χ1n) is 6.51. The molecule has 3 nitrogen and oxygen atoms in total. The van der Waals surface area contributed by atoms with Gasteiger partial charge in [0, 0.05) is 12.1 Å². The fraction of sp³-hybridized carbons (Fsp3) is 0.467. The van der Waals surface area contributed by atoms with Gasteiger partial charge in [-0.2, -0.15) is 0 Å². The van der Waals surface area contributed by atoms with E-state index in [2.05, 4.69) is 66.7 Å². The van der Waals surface area contributed by atoms with Gasteiger partial charge in [-0.1, -0.05) is 52.0 Å². The van der Waals surface area contributed by atoms with E-state index < -0.39 is 0 Å². The van der Waals surface area contributed by atoms with Crippen molar-refractivity contribution in [2.24, 2.45) is 0 Å². The second-order valence-electron chi connectivity index (χ2n) is 5.68. The highest BCUT2D eigenvalue weighted by atomic mass is 15.3. The third-order valence-corrected chi connectivity index (χ3v) is 3.09. The molecular weight excluding hydrogens is 222 g/mol. The maximum Gasteiger partial charge on any atom is 0.163 e. The van der Waals surface area contributed by atoms with Crippen molar-refractivity contribution in [2.45, 2.75) is 46.1 Å². The summed E-state index contributed by atoms with van der Waals surface area (Å²) in [5, 5.41) is 8.21. The minimum atomic E-state index is 0.190. The molecule has 0 saturated heterocycles. The number of nitrogens with zero attached hydrogens (tertiary/aromatic N) is 3. The van der Waals surface area contributed by atoms with E-state index in [0.717, 1.165) is 24.4 Å². The Morgan fingerprint density at radius 3 is 2.33 bits per heavy atom. The number of rotatable bonds is 3. The molecule has 0 aliphatic carbocycles. The zero-order valence-corrected chi connectivity index (χ0v) is 11.6. The van der Waals surface area contributed by atoms with Gasteiger partial charge in [-0.05, 0) is 17.4 Å². The average molecular weight is 243 g/mol. The van der Waals surface area contributed by atoms with Crippen LogP contribution < -0.4 is 0 Å². The van der Waals surface area contributed by atoms with E-state index in [1.54, 1.807) is 6.33 Å². The monoisotopic (exact) mass is 243 g/mol. The van der Waals surface area contributed by atoms with E-state index in [0.29, 0.717) is 0 Å². The maximum absolute atomic E-state index is 4.21. The van der Waals surface area contributed by atoms with E-state index in [1.807, 2.05) is 0 Å². The van der Waals surface area contributed by atoms with Gasteiger partial charge in [-0.3, -0.25) is 0 Å².